The Hall–Kier alpha value is -2.12. The molecule has 0 saturated carbocycles. The van der Waals surface area contributed by atoms with Crippen molar-refractivity contribution in [1.29, 1.82) is 0 Å². The van der Waals surface area contributed by atoms with E-state index in [0.29, 0.717) is 10.5 Å². The van der Waals surface area contributed by atoms with E-state index in [1.807, 2.05) is 30.7 Å². The van der Waals surface area contributed by atoms with E-state index in [0.717, 1.165) is 19.3 Å². The zero-order valence-electron chi connectivity index (χ0n) is 12.6. The first kappa shape index (κ1) is 16.9. The van der Waals surface area contributed by atoms with Gasteiger partial charge in [0.2, 0.25) is 5.91 Å². The van der Waals surface area contributed by atoms with Gasteiger partial charge in [-0.1, -0.05) is 33.6 Å². The van der Waals surface area contributed by atoms with Gasteiger partial charge in [-0.2, -0.15) is 0 Å². The molecule has 1 aromatic rings. The SMILES string of the molecule is CCCC(NC(=O)Cn1c(=O)[nH]c(=O)[nH]c1=O)C(C)CC. The largest absolute Gasteiger partial charge is 0.352 e. The van der Waals surface area contributed by atoms with E-state index >= 15 is 0 Å². The number of nitrogens with zero attached hydrogens (tertiary/aromatic N) is 1. The number of aromatic nitrogens is 3. The zero-order chi connectivity index (χ0) is 16.0. The van der Waals surface area contributed by atoms with Gasteiger partial charge in [-0.25, -0.2) is 19.0 Å². The molecule has 8 heteroatoms. The maximum atomic E-state index is 12.0. The summed E-state index contributed by atoms with van der Waals surface area (Å²) in [5.74, 6) is -0.118. The number of nitrogens with one attached hydrogen (secondary N) is 3. The summed E-state index contributed by atoms with van der Waals surface area (Å²) >= 11 is 0. The third-order valence-electron chi connectivity index (χ3n) is 3.51. The van der Waals surface area contributed by atoms with E-state index in [1.54, 1.807) is 0 Å². The highest BCUT2D eigenvalue weighted by Crippen LogP contribution is 2.12. The Balaban J connectivity index is 2.84. The lowest BCUT2D eigenvalue weighted by Crippen LogP contribution is -2.48. The molecule has 0 saturated heterocycles. The molecule has 0 aliphatic rings. The van der Waals surface area contributed by atoms with Gasteiger partial charge in [-0.3, -0.25) is 14.8 Å². The van der Waals surface area contributed by atoms with Gasteiger partial charge in [0.15, 0.2) is 0 Å². The van der Waals surface area contributed by atoms with Gasteiger partial charge >= 0.3 is 17.1 Å². The minimum Gasteiger partial charge on any atom is -0.352 e. The summed E-state index contributed by atoms with van der Waals surface area (Å²) < 4.78 is 0.663. The van der Waals surface area contributed by atoms with Crippen LogP contribution in [0, 0.1) is 5.92 Å². The van der Waals surface area contributed by atoms with Crippen molar-refractivity contribution < 1.29 is 4.79 Å². The fourth-order valence-corrected chi connectivity index (χ4v) is 2.09. The van der Waals surface area contributed by atoms with Gasteiger partial charge in [-0.15, -0.1) is 0 Å². The second-order valence-corrected chi connectivity index (χ2v) is 5.12. The van der Waals surface area contributed by atoms with Gasteiger partial charge in [0, 0.05) is 6.04 Å². The van der Waals surface area contributed by atoms with Crippen molar-refractivity contribution in [2.24, 2.45) is 5.92 Å². The van der Waals surface area contributed by atoms with Crippen LogP contribution >= 0.6 is 0 Å². The minimum atomic E-state index is -0.894. The smallest absolute Gasteiger partial charge is 0.334 e. The number of hydrogen-bond donors (Lipinski definition) is 3. The Labute approximate surface area is 121 Å². The molecule has 2 unspecified atom stereocenters. The lowest BCUT2D eigenvalue weighted by Gasteiger charge is -2.23. The average molecular weight is 298 g/mol. The fraction of sp³-hybridized carbons (Fsp3) is 0.692. The molecule has 0 aliphatic carbocycles. The first-order valence-electron chi connectivity index (χ1n) is 7.11. The molecule has 0 radical (unpaired) electrons. The molecule has 3 N–H and O–H groups in total. The molecule has 2 atom stereocenters. The number of amides is 1. The molecule has 0 bridgehead atoms. The summed E-state index contributed by atoms with van der Waals surface area (Å²) in [7, 11) is 0. The predicted molar refractivity (Wildman–Crippen MR) is 78.2 cm³/mol. The third kappa shape index (κ3) is 4.73. The number of carbonyl (C=O) groups is 1. The van der Waals surface area contributed by atoms with Crippen LogP contribution in [0.1, 0.15) is 40.0 Å². The van der Waals surface area contributed by atoms with Crippen molar-refractivity contribution >= 4 is 5.91 Å². The normalized spacial score (nSPS) is 13.7. The topological polar surface area (TPSA) is 117 Å². The molecule has 0 fully saturated rings. The molecule has 1 aromatic heterocycles. The number of aromatic amines is 2. The molecule has 0 aromatic carbocycles. The van der Waals surface area contributed by atoms with Crippen LogP contribution in [0.15, 0.2) is 14.4 Å². The third-order valence-corrected chi connectivity index (χ3v) is 3.51. The van der Waals surface area contributed by atoms with E-state index in [9.17, 15) is 19.2 Å². The first-order valence-corrected chi connectivity index (χ1v) is 7.11. The molecule has 0 spiro atoms. The zero-order valence-corrected chi connectivity index (χ0v) is 12.6. The summed E-state index contributed by atoms with van der Waals surface area (Å²) in [5, 5.41) is 2.84. The fourth-order valence-electron chi connectivity index (χ4n) is 2.09. The predicted octanol–water partition coefficient (Wildman–Crippen LogP) is -0.444. The summed E-state index contributed by atoms with van der Waals surface area (Å²) in [6, 6.07) is 0.00467. The Morgan fingerprint density at radius 2 is 1.76 bits per heavy atom. The monoisotopic (exact) mass is 298 g/mol. The molecule has 1 amide bonds. The number of hydrogen-bond acceptors (Lipinski definition) is 4. The maximum absolute atomic E-state index is 12.0. The number of rotatable bonds is 7. The molecule has 0 aliphatic heterocycles. The van der Waals surface area contributed by atoms with Crippen LogP contribution < -0.4 is 22.4 Å². The molecule has 1 rings (SSSR count). The van der Waals surface area contributed by atoms with E-state index < -0.39 is 29.5 Å². The van der Waals surface area contributed by atoms with Crippen molar-refractivity contribution in [2.75, 3.05) is 0 Å². The quantitative estimate of drug-likeness (QED) is 0.632. The van der Waals surface area contributed by atoms with E-state index in [2.05, 4.69) is 5.32 Å². The molecule has 8 nitrogen and oxygen atoms in total. The Kier molecular flexibility index (Phi) is 6.13. The lowest BCUT2D eigenvalue weighted by atomic mass is 9.95. The van der Waals surface area contributed by atoms with Crippen LogP contribution in [0.3, 0.4) is 0 Å². The van der Waals surface area contributed by atoms with Gasteiger partial charge in [0.25, 0.3) is 0 Å². The molecule has 118 valence electrons. The van der Waals surface area contributed by atoms with Crippen LogP contribution in [0.2, 0.25) is 0 Å². The Morgan fingerprint density at radius 1 is 1.19 bits per heavy atom. The standard InChI is InChI=1S/C13H22N4O4/c1-4-6-9(8(3)5-2)14-10(18)7-17-12(20)15-11(19)16-13(17)21/h8-9H,4-7H2,1-3H3,(H,14,18)(H2,15,16,19,20,21). The Bertz CT molecular complexity index is 608. The van der Waals surface area contributed by atoms with Gasteiger partial charge < -0.3 is 5.32 Å². The minimum absolute atomic E-state index is 0.00467. The van der Waals surface area contributed by atoms with Gasteiger partial charge in [-0.05, 0) is 12.3 Å². The Morgan fingerprint density at radius 3 is 2.24 bits per heavy atom. The van der Waals surface area contributed by atoms with E-state index in [-0.39, 0.29) is 6.04 Å². The lowest BCUT2D eigenvalue weighted by molar-refractivity contribution is -0.122. The van der Waals surface area contributed by atoms with Crippen LogP contribution in [-0.2, 0) is 11.3 Å². The van der Waals surface area contributed by atoms with Crippen molar-refractivity contribution in [2.45, 2.75) is 52.6 Å². The molecule has 1 heterocycles. The van der Waals surface area contributed by atoms with Gasteiger partial charge in [0.1, 0.15) is 6.54 Å². The number of carbonyl (C=O) groups excluding carboxylic acids is 1. The van der Waals surface area contributed by atoms with Crippen LogP contribution in [0.5, 0.6) is 0 Å². The first-order chi connectivity index (χ1) is 9.88. The maximum Gasteiger partial charge on any atom is 0.334 e. The highest BCUT2D eigenvalue weighted by atomic mass is 16.2. The summed E-state index contributed by atoms with van der Waals surface area (Å²) in [5.41, 5.74) is -2.67. The van der Waals surface area contributed by atoms with Gasteiger partial charge in [0.05, 0.1) is 0 Å². The van der Waals surface area contributed by atoms with E-state index in [4.69, 9.17) is 0 Å². The van der Waals surface area contributed by atoms with Crippen molar-refractivity contribution in [3.63, 3.8) is 0 Å². The molecular weight excluding hydrogens is 276 g/mol. The average Bonchev–Trinajstić information content (AvgIpc) is 2.41. The summed E-state index contributed by atoms with van der Waals surface area (Å²) in [6.45, 7) is 5.69. The van der Waals surface area contributed by atoms with Crippen LogP contribution in [0.4, 0.5) is 0 Å². The highest BCUT2D eigenvalue weighted by Gasteiger charge is 2.18. The van der Waals surface area contributed by atoms with E-state index in [1.165, 1.54) is 0 Å². The second kappa shape index (κ2) is 7.61. The van der Waals surface area contributed by atoms with Crippen molar-refractivity contribution in [1.82, 2.24) is 19.9 Å². The second-order valence-electron chi connectivity index (χ2n) is 5.12. The molecular formula is C13H22N4O4. The summed E-state index contributed by atoms with van der Waals surface area (Å²) in [4.78, 5) is 49.7. The van der Waals surface area contributed by atoms with Crippen molar-refractivity contribution in [3.8, 4) is 0 Å². The summed E-state index contributed by atoms with van der Waals surface area (Å²) in [6.07, 6.45) is 2.68. The molecule has 21 heavy (non-hydrogen) atoms. The highest BCUT2D eigenvalue weighted by molar-refractivity contribution is 5.76. The van der Waals surface area contributed by atoms with Crippen molar-refractivity contribution in [3.05, 3.63) is 31.5 Å². The van der Waals surface area contributed by atoms with Crippen LogP contribution in [0.25, 0.3) is 0 Å². The van der Waals surface area contributed by atoms with Crippen LogP contribution in [-0.4, -0.2) is 26.5 Å². The number of H-pyrrole nitrogens is 2.